The highest BCUT2D eigenvalue weighted by Crippen LogP contribution is 2.42. The summed E-state index contributed by atoms with van der Waals surface area (Å²) in [6.45, 7) is 3.84. The fourth-order valence-corrected chi connectivity index (χ4v) is 4.20. The molecule has 0 radical (unpaired) electrons. The minimum absolute atomic E-state index is 0.104. The first kappa shape index (κ1) is 21.5. The molecule has 0 aliphatic carbocycles. The van der Waals surface area contributed by atoms with Crippen LogP contribution in [0.5, 0.6) is 5.75 Å². The summed E-state index contributed by atoms with van der Waals surface area (Å²) in [6, 6.07) is 10.9. The quantitative estimate of drug-likeness (QED) is 0.454. The Kier molecular flexibility index (Phi) is 5.65. The van der Waals surface area contributed by atoms with Gasteiger partial charge in [-0.2, -0.15) is 0 Å². The fraction of sp³-hybridized carbons (Fsp3) is 0.240. The average Bonchev–Trinajstić information content (AvgIpc) is 3.02. The number of anilines is 1. The number of esters is 1. The molecule has 7 heteroatoms. The lowest BCUT2D eigenvalue weighted by molar-refractivity contribution is -0.142. The lowest BCUT2D eigenvalue weighted by atomic mass is 9.91. The van der Waals surface area contributed by atoms with Crippen LogP contribution in [0.25, 0.3) is 10.8 Å². The minimum atomic E-state index is -0.817. The van der Waals surface area contributed by atoms with E-state index in [0.29, 0.717) is 28.3 Å². The Balaban J connectivity index is 1.81. The van der Waals surface area contributed by atoms with Crippen LogP contribution in [0.1, 0.15) is 52.1 Å². The van der Waals surface area contributed by atoms with E-state index in [-0.39, 0.29) is 35.6 Å². The molecule has 6 nitrogen and oxygen atoms in total. The molecule has 0 aromatic heterocycles. The number of ether oxygens (including phenoxy) is 1. The molecule has 0 fully saturated rings. The van der Waals surface area contributed by atoms with Crippen LogP contribution >= 0.6 is 0 Å². The predicted octanol–water partition coefficient (Wildman–Crippen LogP) is 4.54. The molecule has 0 unspecified atom stereocenters. The normalized spacial score (nSPS) is 13.0. The smallest absolute Gasteiger partial charge is 0.310 e. The second kappa shape index (κ2) is 8.42. The zero-order chi connectivity index (χ0) is 23.0. The van der Waals surface area contributed by atoms with E-state index in [1.807, 2.05) is 6.92 Å². The van der Waals surface area contributed by atoms with Gasteiger partial charge in [-0.25, -0.2) is 9.29 Å². The summed E-state index contributed by atoms with van der Waals surface area (Å²) in [5, 5.41) is 12.0. The molecule has 2 amide bonds. The Morgan fingerprint density at radius 2 is 1.72 bits per heavy atom. The molecule has 0 spiro atoms. The number of phenolic OH excluding ortho intramolecular Hbond substituents is 1. The number of carbonyl (C=O) groups is 3. The summed E-state index contributed by atoms with van der Waals surface area (Å²) in [6.07, 6.45) is 1.12. The lowest BCUT2D eigenvalue weighted by Gasteiger charge is -2.16. The first-order chi connectivity index (χ1) is 15.4. The van der Waals surface area contributed by atoms with Gasteiger partial charge in [-0.1, -0.05) is 43.7 Å². The standard InChI is InChI=1S/C25H22FNO5/c1-3-7-16-15-8-5-6-9-17(15)23(29)22-21(16)24(30)27(25(22)31)19-11-10-14(12-18(19)26)13-20(28)32-4-2/h5-6,8-12,29H,3-4,7,13H2,1-2H3. The van der Waals surface area contributed by atoms with Crippen LogP contribution in [-0.4, -0.2) is 29.5 Å². The maximum atomic E-state index is 15.0. The first-order valence-corrected chi connectivity index (χ1v) is 10.5. The summed E-state index contributed by atoms with van der Waals surface area (Å²) in [7, 11) is 0. The summed E-state index contributed by atoms with van der Waals surface area (Å²) < 4.78 is 19.8. The van der Waals surface area contributed by atoms with Crippen molar-refractivity contribution in [3.05, 3.63) is 70.5 Å². The van der Waals surface area contributed by atoms with Crippen LogP contribution < -0.4 is 4.90 Å². The minimum Gasteiger partial charge on any atom is -0.506 e. The van der Waals surface area contributed by atoms with Gasteiger partial charge >= 0.3 is 5.97 Å². The third-order valence-electron chi connectivity index (χ3n) is 5.54. The van der Waals surface area contributed by atoms with Crippen molar-refractivity contribution in [2.75, 3.05) is 11.5 Å². The Labute approximate surface area is 184 Å². The average molecular weight is 435 g/mol. The Morgan fingerprint density at radius 1 is 1.03 bits per heavy atom. The van der Waals surface area contributed by atoms with E-state index in [1.165, 1.54) is 12.1 Å². The highest BCUT2D eigenvalue weighted by molar-refractivity contribution is 6.37. The topological polar surface area (TPSA) is 83.9 Å². The van der Waals surface area contributed by atoms with Crippen LogP contribution in [0.15, 0.2) is 42.5 Å². The molecule has 0 saturated heterocycles. The second-order valence-electron chi connectivity index (χ2n) is 7.59. The van der Waals surface area contributed by atoms with Crippen LogP contribution in [0, 0.1) is 5.82 Å². The number of halogens is 1. The van der Waals surface area contributed by atoms with E-state index >= 15 is 0 Å². The SMILES string of the molecule is CCCc1c2c(c(O)c3ccccc13)C(=O)N(c1ccc(CC(=O)OCC)cc1F)C2=O. The number of carbonyl (C=O) groups excluding carboxylic acids is 3. The molecule has 32 heavy (non-hydrogen) atoms. The fourth-order valence-electron chi connectivity index (χ4n) is 4.20. The van der Waals surface area contributed by atoms with Gasteiger partial charge in [0.05, 0.1) is 29.8 Å². The van der Waals surface area contributed by atoms with Crippen molar-refractivity contribution in [3.63, 3.8) is 0 Å². The molecule has 1 aliphatic heterocycles. The molecule has 164 valence electrons. The van der Waals surface area contributed by atoms with Gasteiger partial charge < -0.3 is 9.84 Å². The number of hydrogen-bond acceptors (Lipinski definition) is 5. The molecular weight excluding hydrogens is 413 g/mol. The number of aromatic hydroxyl groups is 1. The zero-order valence-corrected chi connectivity index (χ0v) is 17.8. The number of nitrogens with zero attached hydrogens (tertiary/aromatic N) is 1. The van der Waals surface area contributed by atoms with Crippen LogP contribution in [0.3, 0.4) is 0 Å². The molecule has 4 rings (SSSR count). The van der Waals surface area contributed by atoms with Crippen molar-refractivity contribution in [2.24, 2.45) is 0 Å². The maximum absolute atomic E-state index is 15.0. The molecule has 1 heterocycles. The Hall–Kier alpha value is -3.74. The monoisotopic (exact) mass is 435 g/mol. The molecule has 0 saturated carbocycles. The predicted molar refractivity (Wildman–Crippen MR) is 117 cm³/mol. The number of aryl methyl sites for hydroxylation is 1. The molecule has 0 bridgehead atoms. The van der Waals surface area contributed by atoms with Gasteiger partial charge in [-0.05, 0) is 42.0 Å². The molecular formula is C25H22FNO5. The number of amides is 2. The van der Waals surface area contributed by atoms with Gasteiger partial charge in [-0.3, -0.25) is 14.4 Å². The third-order valence-corrected chi connectivity index (χ3v) is 5.54. The van der Waals surface area contributed by atoms with Crippen molar-refractivity contribution >= 4 is 34.2 Å². The van der Waals surface area contributed by atoms with Crippen molar-refractivity contribution in [3.8, 4) is 5.75 Å². The van der Waals surface area contributed by atoms with E-state index in [0.717, 1.165) is 17.4 Å². The van der Waals surface area contributed by atoms with E-state index in [1.54, 1.807) is 31.2 Å². The maximum Gasteiger partial charge on any atom is 0.310 e. The largest absolute Gasteiger partial charge is 0.506 e. The number of fused-ring (bicyclic) bond motifs is 2. The van der Waals surface area contributed by atoms with Gasteiger partial charge in [0, 0.05) is 5.39 Å². The number of benzene rings is 3. The lowest BCUT2D eigenvalue weighted by Crippen LogP contribution is -2.30. The molecule has 1 aliphatic rings. The number of hydrogen-bond donors (Lipinski definition) is 1. The van der Waals surface area contributed by atoms with Gasteiger partial charge in [0.1, 0.15) is 11.6 Å². The zero-order valence-electron chi connectivity index (χ0n) is 17.8. The molecule has 1 N–H and O–H groups in total. The van der Waals surface area contributed by atoms with E-state index < -0.39 is 23.6 Å². The summed E-state index contributed by atoms with van der Waals surface area (Å²) in [4.78, 5) is 39.0. The number of imide groups is 1. The summed E-state index contributed by atoms with van der Waals surface area (Å²) in [5.74, 6) is -3.05. The van der Waals surface area contributed by atoms with Crippen LogP contribution in [-0.2, 0) is 22.4 Å². The molecule has 3 aromatic rings. The van der Waals surface area contributed by atoms with Gasteiger partial charge in [0.2, 0.25) is 0 Å². The number of rotatable bonds is 6. The first-order valence-electron chi connectivity index (χ1n) is 10.5. The summed E-state index contributed by atoms with van der Waals surface area (Å²) in [5.41, 5.74) is 0.808. The van der Waals surface area contributed by atoms with Crippen molar-refractivity contribution in [1.29, 1.82) is 0 Å². The van der Waals surface area contributed by atoms with Gasteiger partial charge in [0.25, 0.3) is 11.8 Å². The second-order valence-corrected chi connectivity index (χ2v) is 7.59. The third kappa shape index (κ3) is 3.39. The van der Waals surface area contributed by atoms with Crippen LogP contribution in [0.4, 0.5) is 10.1 Å². The Morgan fingerprint density at radius 3 is 2.38 bits per heavy atom. The highest BCUT2D eigenvalue weighted by Gasteiger charge is 2.42. The number of phenols is 1. The van der Waals surface area contributed by atoms with Crippen molar-refractivity contribution in [2.45, 2.75) is 33.1 Å². The molecule has 3 aromatic carbocycles. The van der Waals surface area contributed by atoms with Crippen molar-refractivity contribution in [1.82, 2.24) is 0 Å². The van der Waals surface area contributed by atoms with Gasteiger partial charge in [0.15, 0.2) is 0 Å². The van der Waals surface area contributed by atoms with E-state index in [4.69, 9.17) is 4.74 Å². The van der Waals surface area contributed by atoms with E-state index in [9.17, 15) is 23.9 Å². The van der Waals surface area contributed by atoms with E-state index in [2.05, 4.69) is 0 Å². The highest BCUT2D eigenvalue weighted by atomic mass is 19.1. The van der Waals surface area contributed by atoms with Crippen LogP contribution in [0.2, 0.25) is 0 Å². The summed E-state index contributed by atoms with van der Waals surface area (Å²) >= 11 is 0. The van der Waals surface area contributed by atoms with Gasteiger partial charge in [-0.15, -0.1) is 0 Å². The Bertz CT molecular complexity index is 1270. The molecule has 0 atom stereocenters. The van der Waals surface area contributed by atoms with Crippen molar-refractivity contribution < 1.29 is 28.6 Å².